The molecule has 0 fully saturated rings. The average molecular weight is 489 g/mol. The van der Waals surface area contributed by atoms with Gasteiger partial charge in [-0.2, -0.15) is 12.7 Å². The summed E-state index contributed by atoms with van der Waals surface area (Å²) < 4.78 is 28.3. The van der Waals surface area contributed by atoms with E-state index in [1.54, 1.807) is 37.3 Å². The van der Waals surface area contributed by atoms with Crippen LogP contribution in [0.2, 0.25) is 0 Å². The SMILES string of the molecule is CC(C(=O)NC(C)(C)C)N(CCc1ccccc1)C(=O)CN(c1ccccc1)S(=O)(=O)N(C)C. The van der Waals surface area contributed by atoms with Crippen molar-refractivity contribution in [2.75, 3.05) is 31.5 Å². The molecule has 1 atom stereocenters. The molecule has 0 heterocycles. The summed E-state index contributed by atoms with van der Waals surface area (Å²) in [6.07, 6.45) is 0.533. The van der Waals surface area contributed by atoms with Crippen LogP contribution in [0.4, 0.5) is 5.69 Å². The number of nitrogens with zero attached hydrogens (tertiary/aromatic N) is 3. The van der Waals surface area contributed by atoms with Crippen LogP contribution < -0.4 is 9.62 Å². The lowest BCUT2D eigenvalue weighted by Crippen LogP contribution is -2.55. The maximum atomic E-state index is 13.6. The zero-order valence-corrected chi connectivity index (χ0v) is 21.7. The van der Waals surface area contributed by atoms with Gasteiger partial charge in [-0.15, -0.1) is 0 Å². The molecule has 2 aromatic carbocycles. The first-order chi connectivity index (χ1) is 15.8. The normalized spacial score (nSPS) is 12.8. The van der Waals surface area contributed by atoms with Gasteiger partial charge in [0, 0.05) is 26.2 Å². The molecule has 2 rings (SSSR count). The quantitative estimate of drug-likeness (QED) is 0.557. The van der Waals surface area contributed by atoms with E-state index in [9.17, 15) is 18.0 Å². The second-order valence-electron chi connectivity index (χ2n) is 9.37. The Hall–Kier alpha value is -2.91. The molecule has 0 spiro atoms. The molecule has 0 radical (unpaired) electrons. The number of anilines is 1. The second kappa shape index (κ2) is 11.5. The van der Waals surface area contributed by atoms with Crippen molar-refractivity contribution in [3.63, 3.8) is 0 Å². The molecule has 8 nitrogen and oxygen atoms in total. The zero-order chi connectivity index (χ0) is 25.5. The van der Waals surface area contributed by atoms with E-state index in [0.717, 1.165) is 14.2 Å². The summed E-state index contributed by atoms with van der Waals surface area (Å²) in [5.41, 5.74) is 0.924. The Kier molecular flexibility index (Phi) is 9.23. The lowest BCUT2D eigenvalue weighted by atomic mass is 10.1. The third-order valence-electron chi connectivity index (χ3n) is 5.21. The Morgan fingerprint density at radius 2 is 1.47 bits per heavy atom. The molecule has 0 aromatic heterocycles. The van der Waals surface area contributed by atoms with Gasteiger partial charge in [0.15, 0.2) is 0 Å². The van der Waals surface area contributed by atoms with Gasteiger partial charge in [0.05, 0.1) is 5.69 Å². The summed E-state index contributed by atoms with van der Waals surface area (Å²) in [7, 11) is -1.11. The Morgan fingerprint density at radius 1 is 0.941 bits per heavy atom. The molecule has 186 valence electrons. The monoisotopic (exact) mass is 488 g/mol. The third kappa shape index (κ3) is 7.56. The summed E-state index contributed by atoms with van der Waals surface area (Å²) in [5.74, 6) is -0.752. The van der Waals surface area contributed by atoms with Crippen LogP contribution in [0.3, 0.4) is 0 Å². The smallest absolute Gasteiger partial charge is 0.304 e. The van der Waals surface area contributed by atoms with Gasteiger partial charge < -0.3 is 10.2 Å². The third-order valence-corrected chi connectivity index (χ3v) is 7.03. The van der Waals surface area contributed by atoms with Crippen molar-refractivity contribution in [3.05, 3.63) is 66.2 Å². The summed E-state index contributed by atoms with van der Waals surface area (Å²) in [4.78, 5) is 27.9. The number of rotatable bonds is 10. The molecule has 9 heteroatoms. The van der Waals surface area contributed by atoms with E-state index < -0.39 is 34.2 Å². The minimum Gasteiger partial charge on any atom is -0.350 e. The van der Waals surface area contributed by atoms with E-state index in [-0.39, 0.29) is 12.5 Å². The maximum Gasteiger partial charge on any atom is 0.304 e. The van der Waals surface area contributed by atoms with Crippen molar-refractivity contribution in [1.29, 1.82) is 0 Å². The van der Waals surface area contributed by atoms with Crippen LogP contribution >= 0.6 is 0 Å². The van der Waals surface area contributed by atoms with Gasteiger partial charge in [-0.3, -0.25) is 9.59 Å². The highest BCUT2D eigenvalue weighted by atomic mass is 32.2. The van der Waals surface area contributed by atoms with Crippen molar-refractivity contribution in [3.8, 4) is 0 Å². The Balaban J connectivity index is 2.36. The fraction of sp³-hybridized carbons (Fsp3) is 0.440. The van der Waals surface area contributed by atoms with Crippen LogP contribution in [0, 0.1) is 0 Å². The number of hydrogen-bond acceptors (Lipinski definition) is 4. The van der Waals surface area contributed by atoms with Gasteiger partial charge in [0.1, 0.15) is 12.6 Å². The number of carbonyl (C=O) groups is 2. The minimum atomic E-state index is -3.94. The summed E-state index contributed by atoms with van der Waals surface area (Å²) in [5, 5.41) is 2.91. The van der Waals surface area contributed by atoms with Crippen molar-refractivity contribution in [1.82, 2.24) is 14.5 Å². The van der Waals surface area contributed by atoms with Crippen molar-refractivity contribution in [2.45, 2.75) is 45.7 Å². The van der Waals surface area contributed by atoms with E-state index in [1.165, 1.54) is 19.0 Å². The second-order valence-corrected chi connectivity index (χ2v) is 11.4. The van der Waals surface area contributed by atoms with E-state index in [2.05, 4.69) is 5.32 Å². The van der Waals surface area contributed by atoms with Crippen molar-refractivity contribution >= 4 is 27.7 Å². The molecule has 1 unspecified atom stereocenters. The predicted octanol–water partition coefficient (Wildman–Crippen LogP) is 2.67. The van der Waals surface area contributed by atoms with Gasteiger partial charge in [-0.1, -0.05) is 48.5 Å². The summed E-state index contributed by atoms with van der Waals surface area (Å²) in [6.45, 7) is 7.12. The number of nitrogens with one attached hydrogen (secondary N) is 1. The Labute approximate surface area is 203 Å². The number of amides is 2. The van der Waals surface area contributed by atoms with E-state index in [1.807, 2.05) is 51.1 Å². The molecule has 34 heavy (non-hydrogen) atoms. The zero-order valence-electron chi connectivity index (χ0n) is 20.9. The van der Waals surface area contributed by atoms with E-state index >= 15 is 0 Å². The van der Waals surface area contributed by atoms with Gasteiger partial charge >= 0.3 is 10.2 Å². The highest BCUT2D eigenvalue weighted by molar-refractivity contribution is 7.90. The van der Waals surface area contributed by atoms with Gasteiger partial charge in [-0.25, -0.2) is 4.31 Å². The van der Waals surface area contributed by atoms with Crippen LogP contribution in [0.5, 0.6) is 0 Å². The lowest BCUT2D eigenvalue weighted by Gasteiger charge is -2.34. The molecule has 2 aromatic rings. The molecule has 0 saturated carbocycles. The minimum absolute atomic E-state index is 0.270. The van der Waals surface area contributed by atoms with Crippen molar-refractivity contribution in [2.24, 2.45) is 0 Å². The van der Waals surface area contributed by atoms with Crippen LogP contribution in [-0.2, 0) is 26.2 Å². The largest absolute Gasteiger partial charge is 0.350 e. The number of benzene rings is 2. The van der Waals surface area contributed by atoms with Gasteiger partial charge in [-0.05, 0) is 51.8 Å². The number of para-hydroxylation sites is 1. The molecule has 0 saturated heterocycles. The molecule has 0 aliphatic carbocycles. The first kappa shape index (κ1) is 27.3. The topological polar surface area (TPSA) is 90.0 Å². The maximum absolute atomic E-state index is 13.6. The van der Waals surface area contributed by atoms with Crippen LogP contribution in [0.25, 0.3) is 0 Å². The molecule has 2 amide bonds. The highest BCUT2D eigenvalue weighted by Gasteiger charge is 2.33. The van der Waals surface area contributed by atoms with Gasteiger partial charge in [0.25, 0.3) is 0 Å². The van der Waals surface area contributed by atoms with Crippen LogP contribution in [0.15, 0.2) is 60.7 Å². The number of hydrogen-bond donors (Lipinski definition) is 1. The fourth-order valence-corrected chi connectivity index (χ4v) is 4.41. The molecular weight excluding hydrogens is 452 g/mol. The van der Waals surface area contributed by atoms with Gasteiger partial charge in [0.2, 0.25) is 11.8 Å². The Morgan fingerprint density at radius 3 is 1.97 bits per heavy atom. The molecule has 0 bridgehead atoms. The molecule has 1 N–H and O–H groups in total. The number of carbonyl (C=O) groups excluding carboxylic acids is 2. The molecule has 0 aliphatic rings. The summed E-state index contributed by atoms with van der Waals surface area (Å²) in [6, 6.07) is 17.3. The van der Waals surface area contributed by atoms with E-state index in [4.69, 9.17) is 0 Å². The Bertz CT molecular complexity index is 1050. The summed E-state index contributed by atoms with van der Waals surface area (Å²) >= 11 is 0. The molecule has 0 aliphatic heterocycles. The first-order valence-electron chi connectivity index (χ1n) is 11.2. The lowest BCUT2D eigenvalue weighted by molar-refractivity contribution is -0.139. The van der Waals surface area contributed by atoms with E-state index in [0.29, 0.717) is 12.1 Å². The van der Waals surface area contributed by atoms with Crippen LogP contribution in [0.1, 0.15) is 33.3 Å². The first-order valence-corrected chi connectivity index (χ1v) is 12.6. The molecular formula is C25H36N4O4S. The highest BCUT2D eigenvalue weighted by Crippen LogP contribution is 2.20. The fourth-order valence-electron chi connectivity index (χ4n) is 3.36. The van der Waals surface area contributed by atoms with Crippen molar-refractivity contribution < 1.29 is 18.0 Å². The standard InChI is InChI=1S/C25H36N4O4S/c1-20(24(31)26-25(2,3)4)28(18-17-21-13-9-7-10-14-21)23(30)19-29(34(32,33)27(5)6)22-15-11-8-12-16-22/h7-16,20H,17-19H2,1-6H3,(H,26,31). The predicted molar refractivity (Wildman–Crippen MR) is 136 cm³/mol. The average Bonchev–Trinajstić information content (AvgIpc) is 2.77. The van der Waals surface area contributed by atoms with Crippen LogP contribution in [-0.4, -0.2) is 68.2 Å².